The smallest absolute Gasteiger partial charge is 0.252 e. The second kappa shape index (κ2) is 5.68. The minimum atomic E-state index is -1.17. The van der Waals surface area contributed by atoms with Gasteiger partial charge in [-0.3, -0.25) is 4.79 Å². The fourth-order valence-corrected chi connectivity index (χ4v) is 5.02. The number of hydrazone groups is 1. The van der Waals surface area contributed by atoms with E-state index >= 15 is 0 Å². The second-order valence-electron chi connectivity index (χ2n) is 8.14. The molecule has 5 N–H and O–H groups in total. The van der Waals surface area contributed by atoms with E-state index in [-0.39, 0.29) is 6.04 Å². The number of primary amides is 1. The Morgan fingerprint density at radius 2 is 2.26 bits per heavy atom. The number of amides is 1. The van der Waals surface area contributed by atoms with Crippen molar-refractivity contribution in [3.05, 3.63) is 53.6 Å². The van der Waals surface area contributed by atoms with Crippen molar-refractivity contribution in [2.45, 2.75) is 30.1 Å². The quantitative estimate of drug-likeness (QED) is 0.309. The van der Waals surface area contributed by atoms with Crippen LogP contribution < -0.4 is 16.3 Å². The maximum atomic E-state index is 11.9. The van der Waals surface area contributed by atoms with Crippen LogP contribution >= 0.6 is 0 Å². The largest absolute Gasteiger partial charge is 0.482 e. The minimum absolute atomic E-state index is 0.125. The first-order valence-corrected chi connectivity index (χ1v) is 8.99. The highest BCUT2D eigenvalue weighted by Gasteiger charge is 2.62. The van der Waals surface area contributed by atoms with Crippen molar-refractivity contribution in [3.8, 4) is 5.75 Å². The lowest BCUT2D eigenvalue weighted by molar-refractivity contribution is -0.916. The van der Waals surface area contributed by atoms with Gasteiger partial charge in [-0.2, -0.15) is 5.10 Å². The molecule has 142 valence electrons. The maximum absolute atomic E-state index is 11.9. The third-order valence-corrected chi connectivity index (χ3v) is 6.26. The van der Waals surface area contributed by atoms with E-state index in [4.69, 9.17) is 16.3 Å². The van der Waals surface area contributed by atoms with Gasteiger partial charge < -0.3 is 25.9 Å². The average molecular weight is 369 g/mol. The van der Waals surface area contributed by atoms with Crippen LogP contribution in [0.3, 0.4) is 0 Å². The van der Waals surface area contributed by atoms with Gasteiger partial charge in [-0.1, -0.05) is 12.6 Å². The molecule has 0 spiro atoms. The molecule has 0 saturated carbocycles. The Morgan fingerprint density at radius 1 is 1.52 bits per heavy atom. The fraction of sp³-hybridized carbons (Fsp3) is 0.400. The summed E-state index contributed by atoms with van der Waals surface area (Å²) in [7, 11) is 4.17. The van der Waals surface area contributed by atoms with Gasteiger partial charge in [-0.05, 0) is 29.9 Å². The van der Waals surface area contributed by atoms with Gasteiger partial charge in [0, 0.05) is 12.0 Å². The van der Waals surface area contributed by atoms with E-state index in [0.29, 0.717) is 34.5 Å². The zero-order chi connectivity index (χ0) is 19.6. The lowest BCUT2D eigenvalue weighted by Crippen LogP contribution is -2.67. The van der Waals surface area contributed by atoms with Gasteiger partial charge in [-0.15, -0.1) is 0 Å². The molecule has 2 unspecified atom stereocenters. The number of carbonyl (C=O) groups excluding carboxylic acids is 1. The number of carbonyl (C=O) groups is 1. The number of benzene rings is 1. The van der Waals surface area contributed by atoms with Crippen LogP contribution in [0.2, 0.25) is 0 Å². The van der Waals surface area contributed by atoms with Crippen LogP contribution in [0.15, 0.2) is 42.0 Å². The summed E-state index contributed by atoms with van der Waals surface area (Å²) in [5.74, 6) is 5.07. The van der Waals surface area contributed by atoms with Crippen molar-refractivity contribution >= 4 is 11.6 Å². The van der Waals surface area contributed by atoms with Gasteiger partial charge >= 0.3 is 0 Å². The number of nitrogens with two attached hydrogens (primary N) is 2. The number of hydrogen-bond acceptors (Lipinski definition) is 5. The highest BCUT2D eigenvalue weighted by Crippen LogP contribution is 2.55. The molecule has 0 bridgehead atoms. The molecule has 0 fully saturated rings. The van der Waals surface area contributed by atoms with Gasteiger partial charge in [-0.25, -0.2) is 0 Å². The summed E-state index contributed by atoms with van der Waals surface area (Å²) in [4.78, 5) is 11.9. The van der Waals surface area contributed by atoms with Crippen molar-refractivity contribution in [1.29, 1.82) is 0 Å². The topological polar surface area (TPSA) is 111 Å². The fourth-order valence-electron chi connectivity index (χ4n) is 5.02. The number of rotatable bonds is 4. The van der Waals surface area contributed by atoms with E-state index in [1.54, 1.807) is 18.2 Å². The average Bonchev–Trinajstić information content (AvgIpc) is 3.01. The number of aliphatic hydroxyl groups is 1. The Labute approximate surface area is 158 Å². The minimum Gasteiger partial charge on any atom is -0.482 e. The Morgan fingerprint density at radius 3 is 2.89 bits per heavy atom. The second-order valence-corrected chi connectivity index (χ2v) is 8.14. The van der Waals surface area contributed by atoms with Crippen LogP contribution in [0.1, 0.15) is 27.4 Å². The van der Waals surface area contributed by atoms with Gasteiger partial charge in [0.2, 0.25) is 0 Å². The molecule has 1 aromatic carbocycles. The molecule has 7 heteroatoms. The van der Waals surface area contributed by atoms with Crippen LogP contribution in [0, 0.1) is 0 Å². The molecule has 4 rings (SSSR count). The van der Waals surface area contributed by atoms with Crippen LogP contribution in [0.25, 0.3) is 0 Å². The number of likely N-dealkylation sites (N-methyl/N-ethyl adjacent to an activating group) is 1. The SMILES string of the molecule is C=CC[N+](C)(C)[C@@H]1Cc2ccc(C(N)=O)c3c2C2C(O3)/C(=N/N)C=C[C@]21O. The zero-order valence-electron chi connectivity index (χ0n) is 15.6. The Bertz CT molecular complexity index is 905. The first kappa shape index (κ1) is 17.8. The van der Waals surface area contributed by atoms with Gasteiger partial charge in [0.15, 0.2) is 6.10 Å². The van der Waals surface area contributed by atoms with Crippen LogP contribution in [0.5, 0.6) is 5.75 Å². The molecule has 7 nitrogen and oxygen atoms in total. The van der Waals surface area contributed by atoms with Crippen LogP contribution in [-0.2, 0) is 6.42 Å². The monoisotopic (exact) mass is 369 g/mol. The molecule has 1 amide bonds. The third kappa shape index (κ3) is 2.28. The maximum Gasteiger partial charge on any atom is 0.252 e. The summed E-state index contributed by atoms with van der Waals surface area (Å²) >= 11 is 0. The van der Waals surface area contributed by atoms with Crippen LogP contribution in [0.4, 0.5) is 0 Å². The molecule has 27 heavy (non-hydrogen) atoms. The zero-order valence-corrected chi connectivity index (χ0v) is 15.6. The molecule has 0 saturated heterocycles. The lowest BCUT2D eigenvalue weighted by Gasteiger charge is -2.51. The number of quaternary nitrogens is 1. The molecular weight excluding hydrogens is 344 g/mol. The molecular formula is C20H25N4O3+. The predicted molar refractivity (Wildman–Crippen MR) is 102 cm³/mol. The summed E-state index contributed by atoms with van der Waals surface area (Å²) in [6, 6.07) is 3.50. The summed E-state index contributed by atoms with van der Waals surface area (Å²) in [6.45, 7) is 4.57. The summed E-state index contributed by atoms with van der Waals surface area (Å²) in [5, 5.41) is 15.7. The van der Waals surface area contributed by atoms with Crippen molar-refractivity contribution < 1.29 is 19.1 Å². The molecule has 1 aromatic rings. The summed E-state index contributed by atoms with van der Waals surface area (Å²) < 4.78 is 6.70. The molecule has 4 atom stereocenters. The van der Waals surface area contributed by atoms with E-state index in [0.717, 1.165) is 11.1 Å². The first-order valence-electron chi connectivity index (χ1n) is 8.99. The van der Waals surface area contributed by atoms with E-state index in [1.165, 1.54) is 0 Å². The Hall–Kier alpha value is -2.64. The highest BCUT2D eigenvalue weighted by molar-refractivity contribution is 6.03. The molecule has 3 aliphatic rings. The van der Waals surface area contributed by atoms with E-state index in [1.807, 2.05) is 12.1 Å². The molecule has 1 aliphatic heterocycles. The van der Waals surface area contributed by atoms with Gasteiger partial charge in [0.1, 0.15) is 23.1 Å². The van der Waals surface area contributed by atoms with Gasteiger partial charge in [0.05, 0.1) is 32.1 Å². The van der Waals surface area contributed by atoms with Gasteiger partial charge in [0.25, 0.3) is 5.91 Å². The Kier molecular flexibility index (Phi) is 3.73. The Balaban J connectivity index is 1.97. The molecule has 1 heterocycles. The summed E-state index contributed by atoms with van der Waals surface area (Å²) in [6.07, 6.45) is 5.47. The van der Waals surface area contributed by atoms with E-state index < -0.39 is 23.5 Å². The standard InChI is InChI=1S/C20H24N4O3/c1-4-9-24(2,3)14-10-11-5-6-12(19(21)25)17-15(11)16-18(27-17)13(23-22)7-8-20(14,16)26/h4-8,14,16,18,26H,1,9-10,22H2,2-3H3,(H-,21,25)/p+1/b23-13+/t14-,16?,18?,20-/m1/s1. The summed E-state index contributed by atoms with van der Waals surface area (Å²) in [5.41, 5.74) is 7.14. The number of nitrogens with zero attached hydrogens (tertiary/aromatic N) is 2. The third-order valence-electron chi connectivity index (χ3n) is 6.26. The van der Waals surface area contributed by atoms with Crippen LogP contribution in [-0.4, -0.2) is 59.6 Å². The van der Waals surface area contributed by atoms with Crippen molar-refractivity contribution in [2.24, 2.45) is 16.7 Å². The van der Waals surface area contributed by atoms with Crippen molar-refractivity contribution in [2.75, 3.05) is 20.6 Å². The molecule has 2 aliphatic carbocycles. The predicted octanol–water partition coefficient (Wildman–Crippen LogP) is 0.433. The van der Waals surface area contributed by atoms with Crippen molar-refractivity contribution in [1.82, 2.24) is 0 Å². The van der Waals surface area contributed by atoms with Crippen molar-refractivity contribution in [3.63, 3.8) is 0 Å². The lowest BCUT2D eigenvalue weighted by atomic mass is 9.63. The molecule has 0 aromatic heterocycles. The number of ether oxygens (including phenoxy) is 1. The van der Waals surface area contributed by atoms with E-state index in [9.17, 15) is 9.90 Å². The first-order chi connectivity index (χ1) is 12.7. The number of hydrogen-bond donors (Lipinski definition) is 3. The normalized spacial score (nSPS) is 32.1. The molecule has 0 radical (unpaired) electrons. The highest BCUT2D eigenvalue weighted by atomic mass is 16.5. The van der Waals surface area contributed by atoms with E-state index in [2.05, 4.69) is 25.8 Å².